The third-order valence-corrected chi connectivity index (χ3v) is 3.38. The molecule has 24 heavy (non-hydrogen) atoms. The molecule has 0 unspecified atom stereocenters. The lowest BCUT2D eigenvalue weighted by molar-refractivity contribution is 0.102. The second-order valence-corrected chi connectivity index (χ2v) is 5.04. The van der Waals surface area contributed by atoms with Crippen molar-refractivity contribution in [2.45, 2.75) is 0 Å². The number of para-hydroxylation sites is 1. The number of carbonyl (C=O) groups is 1. The van der Waals surface area contributed by atoms with Crippen LogP contribution in [0.1, 0.15) is 10.5 Å². The summed E-state index contributed by atoms with van der Waals surface area (Å²) in [5, 5.41) is 6.83. The molecule has 0 saturated heterocycles. The van der Waals surface area contributed by atoms with Gasteiger partial charge in [-0.25, -0.2) is 9.97 Å². The molecule has 3 rings (SSSR count). The number of nitrogens with zero attached hydrogens (tertiary/aromatic N) is 3. The molecule has 1 amide bonds. The largest absolute Gasteiger partial charge is 0.383 e. The highest BCUT2D eigenvalue weighted by Gasteiger charge is 2.10. The first kappa shape index (κ1) is 15.8. The predicted octanol–water partition coefficient (Wildman–Crippen LogP) is 2.34. The van der Waals surface area contributed by atoms with Gasteiger partial charge in [0.15, 0.2) is 0 Å². The van der Waals surface area contributed by atoms with E-state index in [1.807, 2.05) is 24.3 Å². The van der Waals surface area contributed by atoms with Gasteiger partial charge >= 0.3 is 0 Å². The average Bonchev–Trinajstić information content (AvgIpc) is 2.63. The number of aromatic nitrogens is 3. The minimum Gasteiger partial charge on any atom is -0.383 e. The Morgan fingerprint density at radius 2 is 2.00 bits per heavy atom. The molecular weight excluding hydrogens is 306 g/mol. The highest BCUT2D eigenvalue weighted by molar-refractivity contribution is 6.07. The summed E-state index contributed by atoms with van der Waals surface area (Å²) in [6.45, 7) is 1.19. The van der Waals surface area contributed by atoms with E-state index in [-0.39, 0.29) is 11.6 Å². The van der Waals surface area contributed by atoms with Crippen LogP contribution in [-0.2, 0) is 4.74 Å². The number of rotatable bonds is 6. The van der Waals surface area contributed by atoms with Crippen LogP contribution in [-0.4, -0.2) is 41.1 Å². The first-order chi connectivity index (χ1) is 11.8. The lowest BCUT2D eigenvalue weighted by atomic mass is 10.2. The first-order valence-corrected chi connectivity index (χ1v) is 7.48. The molecule has 0 atom stereocenters. The van der Waals surface area contributed by atoms with Gasteiger partial charge in [0.25, 0.3) is 5.91 Å². The van der Waals surface area contributed by atoms with E-state index < -0.39 is 0 Å². The molecule has 2 heterocycles. The summed E-state index contributed by atoms with van der Waals surface area (Å²) in [6, 6.07) is 9.42. The number of fused-ring (bicyclic) bond motifs is 1. The van der Waals surface area contributed by atoms with Crippen LogP contribution < -0.4 is 10.6 Å². The highest BCUT2D eigenvalue weighted by atomic mass is 16.5. The number of ether oxygens (including phenoxy) is 1. The molecular formula is C17H17N5O2. The van der Waals surface area contributed by atoms with E-state index in [0.717, 1.165) is 10.9 Å². The first-order valence-electron chi connectivity index (χ1n) is 7.48. The van der Waals surface area contributed by atoms with Crippen LogP contribution in [0.5, 0.6) is 0 Å². The zero-order chi connectivity index (χ0) is 16.8. The molecule has 0 aliphatic rings. The SMILES string of the molecule is COCCNc1cnc(C(=O)Nc2cccc3cccnc23)cn1. The van der Waals surface area contributed by atoms with Crippen molar-refractivity contribution in [3.05, 3.63) is 54.6 Å². The van der Waals surface area contributed by atoms with E-state index in [1.165, 1.54) is 12.4 Å². The van der Waals surface area contributed by atoms with Crippen LogP contribution >= 0.6 is 0 Å². The van der Waals surface area contributed by atoms with Gasteiger partial charge in [-0.2, -0.15) is 0 Å². The van der Waals surface area contributed by atoms with Gasteiger partial charge in [-0.15, -0.1) is 0 Å². The number of amides is 1. The molecule has 2 N–H and O–H groups in total. The number of nitrogens with one attached hydrogen (secondary N) is 2. The molecule has 7 nitrogen and oxygen atoms in total. The molecule has 7 heteroatoms. The Labute approximate surface area is 139 Å². The topological polar surface area (TPSA) is 89.0 Å². The van der Waals surface area contributed by atoms with E-state index in [0.29, 0.717) is 24.7 Å². The molecule has 3 aromatic rings. The number of pyridine rings is 1. The van der Waals surface area contributed by atoms with Crippen LogP contribution in [0.15, 0.2) is 48.9 Å². The average molecular weight is 323 g/mol. The highest BCUT2D eigenvalue weighted by Crippen LogP contribution is 2.21. The molecule has 0 bridgehead atoms. The van der Waals surface area contributed by atoms with Gasteiger partial charge in [0, 0.05) is 25.2 Å². The van der Waals surface area contributed by atoms with E-state index in [2.05, 4.69) is 25.6 Å². The molecule has 0 aliphatic heterocycles. The van der Waals surface area contributed by atoms with E-state index in [9.17, 15) is 4.79 Å². The van der Waals surface area contributed by atoms with Crippen molar-refractivity contribution in [3.63, 3.8) is 0 Å². The Balaban J connectivity index is 1.72. The maximum absolute atomic E-state index is 12.3. The smallest absolute Gasteiger partial charge is 0.275 e. The Kier molecular flexibility index (Phi) is 4.93. The number of hydrogen-bond acceptors (Lipinski definition) is 6. The fourth-order valence-electron chi connectivity index (χ4n) is 2.21. The summed E-state index contributed by atoms with van der Waals surface area (Å²) in [7, 11) is 1.63. The second-order valence-electron chi connectivity index (χ2n) is 5.04. The van der Waals surface area contributed by atoms with Crippen molar-refractivity contribution in [1.29, 1.82) is 0 Å². The molecule has 0 fully saturated rings. The summed E-state index contributed by atoms with van der Waals surface area (Å²) in [5.41, 5.74) is 1.61. The van der Waals surface area contributed by atoms with Gasteiger partial charge in [-0.3, -0.25) is 9.78 Å². The fraction of sp³-hybridized carbons (Fsp3) is 0.176. The van der Waals surface area contributed by atoms with Crippen molar-refractivity contribution >= 4 is 28.3 Å². The van der Waals surface area contributed by atoms with Gasteiger partial charge in [0.05, 0.1) is 30.2 Å². The van der Waals surface area contributed by atoms with E-state index >= 15 is 0 Å². The van der Waals surface area contributed by atoms with Gasteiger partial charge in [0.1, 0.15) is 11.5 Å². The maximum Gasteiger partial charge on any atom is 0.275 e. The normalized spacial score (nSPS) is 10.5. The maximum atomic E-state index is 12.3. The Bertz CT molecular complexity index is 831. The summed E-state index contributed by atoms with van der Waals surface area (Å²) < 4.78 is 4.95. The minimum absolute atomic E-state index is 0.236. The van der Waals surface area contributed by atoms with E-state index in [4.69, 9.17) is 4.74 Å². The summed E-state index contributed by atoms with van der Waals surface area (Å²) >= 11 is 0. The van der Waals surface area contributed by atoms with Crippen molar-refractivity contribution < 1.29 is 9.53 Å². The summed E-state index contributed by atoms with van der Waals surface area (Å²) in [4.78, 5) is 25.0. The molecule has 0 radical (unpaired) electrons. The van der Waals surface area contributed by atoms with Crippen LogP contribution in [0.25, 0.3) is 10.9 Å². The van der Waals surface area contributed by atoms with Crippen molar-refractivity contribution in [3.8, 4) is 0 Å². The van der Waals surface area contributed by atoms with Crippen LogP contribution in [0.2, 0.25) is 0 Å². The third kappa shape index (κ3) is 3.64. The van der Waals surface area contributed by atoms with Gasteiger partial charge in [-0.1, -0.05) is 18.2 Å². The zero-order valence-corrected chi connectivity index (χ0v) is 13.2. The lowest BCUT2D eigenvalue weighted by Gasteiger charge is -2.08. The zero-order valence-electron chi connectivity index (χ0n) is 13.2. The number of methoxy groups -OCH3 is 1. The van der Waals surface area contributed by atoms with Crippen molar-refractivity contribution in [1.82, 2.24) is 15.0 Å². The van der Waals surface area contributed by atoms with Crippen LogP contribution in [0.4, 0.5) is 11.5 Å². The van der Waals surface area contributed by atoms with Crippen LogP contribution in [0, 0.1) is 0 Å². The molecule has 0 spiro atoms. The lowest BCUT2D eigenvalue weighted by Crippen LogP contribution is -2.15. The Morgan fingerprint density at radius 3 is 2.79 bits per heavy atom. The molecule has 1 aromatic carbocycles. The van der Waals surface area contributed by atoms with Crippen LogP contribution in [0.3, 0.4) is 0 Å². The second kappa shape index (κ2) is 7.47. The molecule has 122 valence electrons. The summed E-state index contributed by atoms with van der Waals surface area (Å²) in [5.74, 6) is 0.263. The minimum atomic E-state index is -0.330. The molecule has 0 saturated carbocycles. The number of benzene rings is 1. The van der Waals surface area contributed by atoms with Gasteiger partial charge in [-0.05, 0) is 12.1 Å². The van der Waals surface area contributed by atoms with Gasteiger partial charge in [0.2, 0.25) is 0 Å². The van der Waals surface area contributed by atoms with Crippen molar-refractivity contribution in [2.75, 3.05) is 30.9 Å². The standard InChI is InChI=1S/C17H17N5O2/c1-24-9-8-18-15-11-20-14(10-21-15)17(23)22-13-6-2-4-12-5-3-7-19-16(12)13/h2-7,10-11H,8-9H2,1H3,(H,18,21)(H,22,23). The van der Waals surface area contributed by atoms with Crippen molar-refractivity contribution in [2.24, 2.45) is 0 Å². The quantitative estimate of drug-likeness (QED) is 0.677. The number of hydrogen-bond donors (Lipinski definition) is 2. The third-order valence-electron chi connectivity index (χ3n) is 3.38. The predicted molar refractivity (Wildman–Crippen MR) is 92.1 cm³/mol. The Hall–Kier alpha value is -3.06. The van der Waals surface area contributed by atoms with Gasteiger partial charge < -0.3 is 15.4 Å². The fourth-order valence-corrected chi connectivity index (χ4v) is 2.21. The Morgan fingerprint density at radius 1 is 1.12 bits per heavy atom. The van der Waals surface area contributed by atoms with E-state index in [1.54, 1.807) is 19.4 Å². The summed E-state index contributed by atoms with van der Waals surface area (Å²) in [6.07, 6.45) is 4.65. The number of carbonyl (C=O) groups excluding carboxylic acids is 1. The molecule has 2 aromatic heterocycles. The number of anilines is 2. The monoisotopic (exact) mass is 323 g/mol. The molecule has 0 aliphatic carbocycles.